The first kappa shape index (κ1) is 11.2. The van der Waals surface area contributed by atoms with Crippen molar-refractivity contribution < 1.29 is 9.53 Å². The molecule has 0 aliphatic carbocycles. The van der Waals surface area contributed by atoms with Crippen molar-refractivity contribution in [1.82, 2.24) is 9.78 Å². The van der Waals surface area contributed by atoms with E-state index in [1.165, 1.54) is 6.07 Å². The van der Waals surface area contributed by atoms with E-state index in [9.17, 15) is 9.59 Å². The molecule has 1 heterocycles. The summed E-state index contributed by atoms with van der Waals surface area (Å²) in [5.74, 6) is 0. The van der Waals surface area contributed by atoms with Gasteiger partial charge in [-0.3, -0.25) is 9.89 Å². The van der Waals surface area contributed by atoms with E-state index in [0.717, 1.165) is 10.2 Å². The van der Waals surface area contributed by atoms with Crippen molar-refractivity contribution in [3.05, 3.63) is 46.8 Å². The van der Waals surface area contributed by atoms with E-state index in [-0.39, 0.29) is 6.61 Å². The molecule has 0 spiro atoms. The first-order valence-corrected chi connectivity index (χ1v) is 5.27. The molecular weight excluding hydrogens is 220 g/mol. The highest BCUT2D eigenvalue weighted by Gasteiger charge is 2.11. The molecule has 0 aliphatic rings. The number of benzene rings is 1. The Balaban J connectivity index is 2.38. The molecule has 1 N–H and O–H groups in total. The van der Waals surface area contributed by atoms with Crippen LogP contribution in [0.15, 0.2) is 41.2 Å². The van der Waals surface area contributed by atoms with Crippen LogP contribution in [0.4, 0.5) is 4.79 Å². The van der Waals surface area contributed by atoms with E-state index >= 15 is 0 Å². The summed E-state index contributed by atoms with van der Waals surface area (Å²) in [4.78, 5) is 23.0. The summed E-state index contributed by atoms with van der Waals surface area (Å²) in [5, 5.41) is 2.71. The molecule has 2 rings (SSSR count). The fourth-order valence-electron chi connectivity index (χ4n) is 1.49. The lowest BCUT2D eigenvalue weighted by molar-refractivity contribution is 0.149. The number of carbonyl (C=O) groups excluding carboxylic acids is 1. The lowest BCUT2D eigenvalue weighted by Crippen LogP contribution is -2.25. The molecule has 2 aromatic rings. The maximum Gasteiger partial charge on any atom is 0.436 e. The van der Waals surface area contributed by atoms with E-state index < -0.39 is 11.7 Å². The lowest BCUT2D eigenvalue weighted by Gasteiger charge is -2.00. The van der Waals surface area contributed by atoms with Gasteiger partial charge in [0.2, 0.25) is 0 Å². The topological polar surface area (TPSA) is 64.1 Å². The Morgan fingerprint density at radius 2 is 2.06 bits per heavy atom. The van der Waals surface area contributed by atoms with E-state index in [0.29, 0.717) is 5.69 Å². The fraction of sp³-hybridized carbons (Fsp3) is 0.167. The van der Waals surface area contributed by atoms with E-state index in [1.807, 2.05) is 30.3 Å². The smallest absolute Gasteiger partial charge is 0.436 e. The first-order chi connectivity index (χ1) is 8.22. The minimum absolute atomic E-state index is 0.227. The summed E-state index contributed by atoms with van der Waals surface area (Å²) in [6.07, 6.45) is -0.695. The Morgan fingerprint density at radius 1 is 1.35 bits per heavy atom. The SMILES string of the molecule is CCOC(=O)n1[nH]c(-c2ccccc2)cc1=O. The van der Waals surface area contributed by atoms with Crippen molar-refractivity contribution >= 4 is 6.09 Å². The van der Waals surface area contributed by atoms with E-state index in [1.54, 1.807) is 6.92 Å². The predicted molar refractivity (Wildman–Crippen MR) is 62.9 cm³/mol. The third-order valence-corrected chi connectivity index (χ3v) is 2.26. The van der Waals surface area contributed by atoms with Gasteiger partial charge >= 0.3 is 6.09 Å². The molecule has 5 heteroatoms. The molecule has 5 nitrogen and oxygen atoms in total. The van der Waals surface area contributed by atoms with Crippen LogP contribution in [0.5, 0.6) is 0 Å². The standard InChI is InChI=1S/C12H12N2O3/c1-2-17-12(16)14-11(15)8-10(13-14)9-6-4-3-5-7-9/h3-8,13H,2H2,1H3. The number of hydrogen-bond donors (Lipinski definition) is 1. The number of aromatic amines is 1. The van der Waals surface area contributed by atoms with Crippen LogP contribution in [0.3, 0.4) is 0 Å². The normalized spacial score (nSPS) is 10.2. The van der Waals surface area contributed by atoms with Crippen molar-refractivity contribution in [2.24, 2.45) is 0 Å². The van der Waals surface area contributed by atoms with Gasteiger partial charge in [-0.25, -0.2) is 4.79 Å². The summed E-state index contributed by atoms with van der Waals surface area (Å²) in [6.45, 7) is 1.91. The maximum atomic E-state index is 11.6. The van der Waals surface area contributed by atoms with Gasteiger partial charge in [-0.2, -0.15) is 4.68 Å². The first-order valence-electron chi connectivity index (χ1n) is 5.27. The Kier molecular flexibility index (Phi) is 3.09. The van der Waals surface area contributed by atoms with Crippen LogP contribution < -0.4 is 5.56 Å². The number of nitrogens with one attached hydrogen (secondary N) is 1. The predicted octanol–water partition coefficient (Wildman–Crippen LogP) is 1.85. The zero-order chi connectivity index (χ0) is 12.3. The number of ether oxygens (including phenoxy) is 1. The van der Waals surface area contributed by atoms with Crippen LogP contribution in [-0.2, 0) is 4.74 Å². The Bertz CT molecular complexity index is 569. The van der Waals surface area contributed by atoms with Gasteiger partial charge in [0.15, 0.2) is 0 Å². The summed E-state index contributed by atoms with van der Waals surface area (Å²) in [7, 11) is 0. The fourth-order valence-corrected chi connectivity index (χ4v) is 1.49. The van der Waals surface area contributed by atoms with E-state index in [2.05, 4.69) is 5.10 Å². The average molecular weight is 232 g/mol. The van der Waals surface area contributed by atoms with Gasteiger partial charge in [0.1, 0.15) is 0 Å². The minimum Gasteiger partial charge on any atom is -0.448 e. The molecular formula is C12H12N2O3. The Labute approximate surface area is 97.6 Å². The number of carbonyl (C=O) groups is 1. The van der Waals surface area contributed by atoms with Gasteiger partial charge < -0.3 is 4.74 Å². The van der Waals surface area contributed by atoms with Crippen molar-refractivity contribution in [2.75, 3.05) is 6.61 Å². The highest BCUT2D eigenvalue weighted by atomic mass is 16.6. The van der Waals surface area contributed by atoms with Crippen molar-refractivity contribution in [3.63, 3.8) is 0 Å². The second kappa shape index (κ2) is 4.69. The zero-order valence-electron chi connectivity index (χ0n) is 9.34. The molecule has 0 aliphatic heterocycles. The van der Waals surface area contributed by atoms with Crippen LogP contribution in [0.1, 0.15) is 6.92 Å². The van der Waals surface area contributed by atoms with E-state index in [4.69, 9.17) is 4.74 Å². The highest BCUT2D eigenvalue weighted by molar-refractivity contribution is 5.70. The highest BCUT2D eigenvalue weighted by Crippen LogP contribution is 2.13. The molecule has 1 aromatic carbocycles. The van der Waals surface area contributed by atoms with Crippen LogP contribution in [0.25, 0.3) is 11.3 Å². The molecule has 0 saturated carbocycles. The quantitative estimate of drug-likeness (QED) is 0.859. The van der Waals surface area contributed by atoms with Crippen LogP contribution in [-0.4, -0.2) is 22.5 Å². The lowest BCUT2D eigenvalue weighted by atomic mass is 10.2. The third-order valence-electron chi connectivity index (χ3n) is 2.26. The summed E-state index contributed by atoms with van der Waals surface area (Å²) in [6, 6.07) is 10.7. The number of aromatic nitrogens is 2. The van der Waals surface area contributed by atoms with Gasteiger partial charge in [-0.1, -0.05) is 30.3 Å². The summed E-state index contributed by atoms with van der Waals surface area (Å²) < 4.78 is 5.60. The number of H-pyrrole nitrogens is 1. The summed E-state index contributed by atoms with van der Waals surface area (Å²) >= 11 is 0. The zero-order valence-corrected chi connectivity index (χ0v) is 9.34. The van der Waals surface area contributed by atoms with Crippen molar-refractivity contribution in [2.45, 2.75) is 6.92 Å². The largest absolute Gasteiger partial charge is 0.448 e. The van der Waals surface area contributed by atoms with Crippen LogP contribution >= 0.6 is 0 Å². The van der Waals surface area contributed by atoms with Gasteiger partial charge in [-0.15, -0.1) is 0 Å². The van der Waals surface area contributed by atoms with Crippen molar-refractivity contribution in [3.8, 4) is 11.3 Å². The van der Waals surface area contributed by atoms with Gasteiger partial charge in [0, 0.05) is 6.07 Å². The Morgan fingerprint density at radius 3 is 2.71 bits per heavy atom. The molecule has 1 aromatic heterocycles. The summed E-state index contributed by atoms with van der Waals surface area (Å²) in [5.41, 5.74) is 0.999. The third kappa shape index (κ3) is 2.28. The van der Waals surface area contributed by atoms with Crippen LogP contribution in [0, 0.1) is 0 Å². The maximum absolute atomic E-state index is 11.6. The molecule has 0 amide bonds. The van der Waals surface area contributed by atoms with Crippen LogP contribution in [0.2, 0.25) is 0 Å². The second-order valence-corrected chi connectivity index (χ2v) is 3.41. The Hall–Kier alpha value is -2.30. The molecule has 17 heavy (non-hydrogen) atoms. The van der Waals surface area contributed by atoms with Gasteiger partial charge in [0.05, 0.1) is 12.3 Å². The second-order valence-electron chi connectivity index (χ2n) is 3.41. The minimum atomic E-state index is -0.695. The molecule has 0 unspecified atom stereocenters. The number of hydrogen-bond acceptors (Lipinski definition) is 3. The van der Waals surface area contributed by atoms with Gasteiger partial charge in [-0.05, 0) is 12.5 Å². The monoisotopic (exact) mass is 232 g/mol. The number of nitrogens with zero attached hydrogens (tertiary/aromatic N) is 1. The molecule has 0 radical (unpaired) electrons. The average Bonchev–Trinajstić information content (AvgIpc) is 2.73. The molecule has 0 saturated heterocycles. The molecule has 0 atom stereocenters. The molecule has 0 fully saturated rings. The van der Waals surface area contributed by atoms with Crippen molar-refractivity contribution in [1.29, 1.82) is 0 Å². The van der Waals surface area contributed by atoms with Gasteiger partial charge in [0.25, 0.3) is 5.56 Å². The number of rotatable bonds is 2. The molecule has 88 valence electrons. The molecule has 0 bridgehead atoms.